The summed E-state index contributed by atoms with van der Waals surface area (Å²) in [6.07, 6.45) is -0.0143. The maximum atomic E-state index is 9.54. The first kappa shape index (κ1) is 14.3. The topological polar surface area (TPSA) is 49.7 Å². The molecule has 96 valence electrons. The second-order valence-electron chi connectivity index (χ2n) is 4.78. The highest BCUT2D eigenvalue weighted by Gasteiger charge is 2.13. The van der Waals surface area contributed by atoms with Gasteiger partial charge in [0.25, 0.3) is 0 Å². The van der Waals surface area contributed by atoms with Gasteiger partial charge in [-0.15, -0.1) is 0 Å². The highest BCUT2D eigenvalue weighted by atomic mass is 35.5. The smallest absolute Gasteiger partial charge is 0.137 e. The molecule has 0 radical (unpaired) electrons. The van der Waals surface area contributed by atoms with E-state index in [1.807, 2.05) is 0 Å². The quantitative estimate of drug-likeness (QED) is 0.854. The standard InChI is InChI=1S/C13H19ClO3/c1-9(15)10-4-5-12(11(14)8-10)17-7-6-13(2,3)16/h4-5,8-9,15-16H,6-7H2,1-3H3. The SMILES string of the molecule is CC(O)c1ccc(OCCC(C)(C)O)c(Cl)c1. The van der Waals surface area contributed by atoms with Crippen molar-refractivity contribution >= 4 is 11.6 Å². The number of aliphatic hydroxyl groups is 2. The summed E-state index contributed by atoms with van der Waals surface area (Å²) in [6, 6.07) is 5.19. The minimum Gasteiger partial charge on any atom is -0.492 e. The van der Waals surface area contributed by atoms with E-state index in [-0.39, 0.29) is 0 Å². The molecule has 0 fully saturated rings. The summed E-state index contributed by atoms with van der Waals surface area (Å²) < 4.78 is 5.47. The van der Waals surface area contributed by atoms with Crippen molar-refractivity contribution < 1.29 is 14.9 Å². The maximum Gasteiger partial charge on any atom is 0.137 e. The molecule has 1 unspecified atom stereocenters. The summed E-state index contributed by atoms with van der Waals surface area (Å²) >= 11 is 6.02. The molecular formula is C13H19ClO3. The third-order valence-electron chi connectivity index (χ3n) is 2.41. The zero-order valence-corrected chi connectivity index (χ0v) is 11.2. The van der Waals surface area contributed by atoms with Crippen LogP contribution < -0.4 is 4.74 Å². The van der Waals surface area contributed by atoms with Crippen LogP contribution in [0.5, 0.6) is 5.75 Å². The molecule has 0 spiro atoms. The van der Waals surface area contributed by atoms with Gasteiger partial charge in [-0.1, -0.05) is 17.7 Å². The van der Waals surface area contributed by atoms with Crippen molar-refractivity contribution in [2.75, 3.05) is 6.61 Å². The van der Waals surface area contributed by atoms with Gasteiger partial charge in [0, 0.05) is 6.42 Å². The van der Waals surface area contributed by atoms with Gasteiger partial charge < -0.3 is 14.9 Å². The first-order chi connectivity index (χ1) is 7.79. The van der Waals surface area contributed by atoms with E-state index in [2.05, 4.69) is 0 Å². The minimum absolute atomic E-state index is 0.400. The van der Waals surface area contributed by atoms with Gasteiger partial charge in [-0.2, -0.15) is 0 Å². The molecule has 1 rings (SSSR count). The van der Waals surface area contributed by atoms with E-state index in [1.165, 1.54) is 0 Å². The lowest BCUT2D eigenvalue weighted by atomic mass is 10.1. The molecule has 0 saturated carbocycles. The Balaban J connectivity index is 2.61. The average Bonchev–Trinajstić information content (AvgIpc) is 2.18. The van der Waals surface area contributed by atoms with Gasteiger partial charge in [0.05, 0.1) is 23.3 Å². The molecule has 0 heterocycles. The van der Waals surface area contributed by atoms with Crippen LogP contribution in [0, 0.1) is 0 Å². The highest BCUT2D eigenvalue weighted by Crippen LogP contribution is 2.28. The molecule has 1 aromatic carbocycles. The molecule has 0 aliphatic carbocycles. The predicted molar refractivity (Wildman–Crippen MR) is 68.5 cm³/mol. The summed E-state index contributed by atoms with van der Waals surface area (Å²) in [5, 5.41) is 19.4. The van der Waals surface area contributed by atoms with Crippen molar-refractivity contribution in [2.45, 2.75) is 38.9 Å². The first-order valence-electron chi connectivity index (χ1n) is 5.62. The Bertz CT molecular complexity index is 369. The molecule has 1 atom stereocenters. The molecule has 0 aliphatic heterocycles. The molecule has 1 aromatic rings. The van der Waals surface area contributed by atoms with Crippen LogP contribution in [0.25, 0.3) is 0 Å². The first-order valence-corrected chi connectivity index (χ1v) is 6.00. The van der Waals surface area contributed by atoms with E-state index < -0.39 is 11.7 Å². The van der Waals surface area contributed by atoms with Crippen LogP contribution in [0.4, 0.5) is 0 Å². The van der Waals surface area contributed by atoms with Gasteiger partial charge in [0.15, 0.2) is 0 Å². The summed E-state index contributed by atoms with van der Waals surface area (Å²) in [5.74, 6) is 0.570. The maximum absolute atomic E-state index is 9.54. The second kappa shape index (κ2) is 5.71. The molecular weight excluding hydrogens is 240 g/mol. The predicted octanol–water partition coefficient (Wildman–Crippen LogP) is 2.93. The number of benzene rings is 1. The average molecular weight is 259 g/mol. The van der Waals surface area contributed by atoms with Crippen LogP contribution in [0.3, 0.4) is 0 Å². The van der Waals surface area contributed by atoms with E-state index in [0.717, 1.165) is 5.56 Å². The van der Waals surface area contributed by atoms with Crippen LogP contribution in [0.2, 0.25) is 5.02 Å². The van der Waals surface area contributed by atoms with Crippen molar-refractivity contribution in [2.24, 2.45) is 0 Å². The fourth-order valence-electron chi connectivity index (χ4n) is 1.30. The Morgan fingerprint density at radius 3 is 2.53 bits per heavy atom. The van der Waals surface area contributed by atoms with E-state index in [0.29, 0.717) is 23.8 Å². The van der Waals surface area contributed by atoms with Crippen LogP contribution in [-0.2, 0) is 0 Å². The summed E-state index contributed by atoms with van der Waals surface area (Å²) in [4.78, 5) is 0. The van der Waals surface area contributed by atoms with E-state index in [1.54, 1.807) is 39.0 Å². The number of hydrogen-bond acceptors (Lipinski definition) is 3. The Morgan fingerprint density at radius 2 is 2.06 bits per heavy atom. The molecule has 3 nitrogen and oxygen atoms in total. The number of ether oxygens (including phenoxy) is 1. The lowest BCUT2D eigenvalue weighted by Gasteiger charge is -2.17. The second-order valence-corrected chi connectivity index (χ2v) is 5.18. The van der Waals surface area contributed by atoms with Crippen LogP contribution in [0.1, 0.15) is 38.9 Å². The normalized spacial score (nSPS) is 13.5. The van der Waals surface area contributed by atoms with Crippen molar-refractivity contribution in [1.29, 1.82) is 0 Å². The van der Waals surface area contributed by atoms with Crippen molar-refractivity contribution in [1.82, 2.24) is 0 Å². The summed E-state index contributed by atoms with van der Waals surface area (Å²) in [7, 11) is 0. The fraction of sp³-hybridized carbons (Fsp3) is 0.538. The van der Waals surface area contributed by atoms with Gasteiger partial charge in [0.2, 0.25) is 0 Å². The van der Waals surface area contributed by atoms with Gasteiger partial charge in [0.1, 0.15) is 5.75 Å². The monoisotopic (exact) mass is 258 g/mol. The Kier molecular flexibility index (Phi) is 4.80. The molecule has 2 N–H and O–H groups in total. The lowest BCUT2D eigenvalue weighted by Crippen LogP contribution is -2.21. The van der Waals surface area contributed by atoms with E-state index >= 15 is 0 Å². The van der Waals surface area contributed by atoms with Crippen molar-refractivity contribution in [3.8, 4) is 5.75 Å². The molecule has 0 amide bonds. The molecule has 0 aliphatic rings. The third kappa shape index (κ3) is 4.94. The van der Waals surface area contributed by atoms with Crippen molar-refractivity contribution in [3.05, 3.63) is 28.8 Å². The highest BCUT2D eigenvalue weighted by molar-refractivity contribution is 6.32. The Hall–Kier alpha value is -0.770. The summed E-state index contributed by atoms with van der Waals surface area (Å²) in [5.41, 5.74) is 0.0105. The molecule has 4 heteroatoms. The van der Waals surface area contributed by atoms with Gasteiger partial charge in [-0.05, 0) is 38.5 Å². The van der Waals surface area contributed by atoms with Gasteiger partial charge >= 0.3 is 0 Å². The Labute approximate surface area is 107 Å². The van der Waals surface area contributed by atoms with Gasteiger partial charge in [-0.25, -0.2) is 0 Å². The van der Waals surface area contributed by atoms with E-state index in [4.69, 9.17) is 16.3 Å². The zero-order chi connectivity index (χ0) is 13.1. The fourth-order valence-corrected chi connectivity index (χ4v) is 1.55. The molecule has 0 saturated heterocycles. The summed E-state index contributed by atoms with van der Waals surface area (Å²) in [6.45, 7) is 5.54. The molecule has 0 bridgehead atoms. The number of rotatable bonds is 5. The third-order valence-corrected chi connectivity index (χ3v) is 2.71. The van der Waals surface area contributed by atoms with E-state index in [9.17, 15) is 10.2 Å². The van der Waals surface area contributed by atoms with Crippen LogP contribution >= 0.6 is 11.6 Å². The molecule has 17 heavy (non-hydrogen) atoms. The number of hydrogen-bond donors (Lipinski definition) is 2. The Morgan fingerprint density at radius 1 is 1.41 bits per heavy atom. The van der Waals surface area contributed by atoms with Crippen molar-refractivity contribution in [3.63, 3.8) is 0 Å². The molecule has 0 aromatic heterocycles. The number of aliphatic hydroxyl groups excluding tert-OH is 1. The minimum atomic E-state index is -0.744. The van der Waals surface area contributed by atoms with Crippen LogP contribution in [-0.4, -0.2) is 22.4 Å². The van der Waals surface area contributed by atoms with Gasteiger partial charge in [-0.3, -0.25) is 0 Å². The largest absolute Gasteiger partial charge is 0.492 e. The number of halogens is 1. The van der Waals surface area contributed by atoms with Crippen LogP contribution in [0.15, 0.2) is 18.2 Å². The zero-order valence-electron chi connectivity index (χ0n) is 10.4. The lowest BCUT2D eigenvalue weighted by molar-refractivity contribution is 0.0553.